The van der Waals surface area contributed by atoms with Gasteiger partial charge >= 0.3 is 0 Å². The van der Waals surface area contributed by atoms with Gasteiger partial charge in [-0.25, -0.2) is 0 Å². The summed E-state index contributed by atoms with van der Waals surface area (Å²) in [6, 6.07) is 2.52. The van der Waals surface area contributed by atoms with Crippen LogP contribution in [0.4, 0.5) is 0 Å². The van der Waals surface area contributed by atoms with Crippen molar-refractivity contribution >= 4 is 9.52 Å². The molecule has 1 aliphatic heterocycles. The summed E-state index contributed by atoms with van der Waals surface area (Å²) in [5.41, 5.74) is 1.18. The molecule has 0 radical (unpaired) electrons. The fraction of sp³-hybridized carbons (Fsp3) is 1.00. The maximum atomic E-state index is 3.66. The third-order valence-corrected chi connectivity index (χ3v) is 5.55. The van der Waals surface area contributed by atoms with Gasteiger partial charge in [-0.05, 0) is 24.6 Å². The summed E-state index contributed by atoms with van der Waals surface area (Å²) >= 11 is 0. The van der Waals surface area contributed by atoms with Crippen molar-refractivity contribution in [2.24, 2.45) is 0 Å². The lowest BCUT2D eigenvalue weighted by atomic mass is 9.94. The highest BCUT2D eigenvalue weighted by Gasteiger charge is 2.26. The molecule has 0 aromatic heterocycles. The zero-order valence-corrected chi connectivity index (χ0v) is 8.02. The van der Waals surface area contributed by atoms with E-state index in [1.165, 1.54) is 31.3 Å². The Hall–Kier alpha value is 0.177. The van der Waals surface area contributed by atoms with Crippen LogP contribution >= 0.6 is 0 Å². The third-order valence-electron chi connectivity index (χ3n) is 3.07. The highest BCUT2D eigenvalue weighted by atomic mass is 28.2. The number of hydrogen-bond donors (Lipinski definition) is 1. The Morgan fingerprint density at radius 2 is 2.10 bits per heavy atom. The molecule has 2 aliphatic rings. The van der Waals surface area contributed by atoms with Gasteiger partial charge in [0.15, 0.2) is 0 Å². The second kappa shape index (κ2) is 3.05. The van der Waals surface area contributed by atoms with Gasteiger partial charge in [-0.2, -0.15) is 0 Å². The standard InChI is InChI=1S/C8H17NSi/c1-2-4-8-7(3-1)9-5-6-10-8/h7-9H,1-6,10H2. The number of hydrogen-bond acceptors (Lipinski definition) is 1. The fourth-order valence-electron chi connectivity index (χ4n) is 2.47. The van der Waals surface area contributed by atoms with Gasteiger partial charge in [-0.1, -0.05) is 19.3 Å². The van der Waals surface area contributed by atoms with Crippen LogP contribution < -0.4 is 5.32 Å². The van der Waals surface area contributed by atoms with Crippen molar-refractivity contribution in [3.8, 4) is 0 Å². The Morgan fingerprint density at radius 3 is 3.00 bits per heavy atom. The van der Waals surface area contributed by atoms with Crippen molar-refractivity contribution < 1.29 is 0 Å². The van der Waals surface area contributed by atoms with E-state index >= 15 is 0 Å². The van der Waals surface area contributed by atoms with Crippen molar-refractivity contribution in [2.45, 2.75) is 43.3 Å². The van der Waals surface area contributed by atoms with Crippen LogP contribution in [-0.4, -0.2) is 22.1 Å². The Labute approximate surface area is 65.4 Å². The summed E-state index contributed by atoms with van der Waals surface area (Å²) in [4.78, 5) is 0. The van der Waals surface area contributed by atoms with E-state index in [0.717, 1.165) is 6.04 Å². The summed E-state index contributed by atoms with van der Waals surface area (Å²) < 4.78 is 0. The Balaban J connectivity index is 1.93. The number of nitrogens with one attached hydrogen (secondary N) is 1. The van der Waals surface area contributed by atoms with Crippen molar-refractivity contribution in [1.82, 2.24) is 5.32 Å². The van der Waals surface area contributed by atoms with Gasteiger partial charge in [0.2, 0.25) is 0 Å². The van der Waals surface area contributed by atoms with Crippen LogP contribution in [0.3, 0.4) is 0 Å². The summed E-state index contributed by atoms with van der Waals surface area (Å²) in [6.07, 6.45) is 6.06. The first kappa shape index (κ1) is 6.86. The highest BCUT2D eigenvalue weighted by molar-refractivity contribution is 6.38. The number of rotatable bonds is 0. The van der Waals surface area contributed by atoms with Gasteiger partial charge in [0.05, 0.1) is 0 Å². The van der Waals surface area contributed by atoms with Gasteiger partial charge in [-0.3, -0.25) is 0 Å². The normalized spacial score (nSPS) is 43.2. The van der Waals surface area contributed by atoms with Crippen LogP contribution in [-0.2, 0) is 0 Å². The predicted molar refractivity (Wildman–Crippen MR) is 47.4 cm³/mol. The van der Waals surface area contributed by atoms with Gasteiger partial charge in [0.1, 0.15) is 0 Å². The maximum absolute atomic E-state index is 3.66. The third kappa shape index (κ3) is 1.27. The monoisotopic (exact) mass is 155 g/mol. The second-order valence-electron chi connectivity index (χ2n) is 3.75. The van der Waals surface area contributed by atoms with E-state index in [1.807, 2.05) is 0 Å². The molecule has 1 saturated carbocycles. The zero-order chi connectivity index (χ0) is 6.81. The SMILES string of the molecule is C1CCC2[SiH2]CCNC2C1. The lowest BCUT2D eigenvalue weighted by Crippen LogP contribution is -2.43. The van der Waals surface area contributed by atoms with Crippen molar-refractivity contribution in [2.75, 3.05) is 6.54 Å². The van der Waals surface area contributed by atoms with Crippen LogP contribution in [0.5, 0.6) is 0 Å². The van der Waals surface area contributed by atoms with E-state index < -0.39 is 0 Å². The molecular weight excluding hydrogens is 138 g/mol. The smallest absolute Gasteiger partial charge is 0.0265 e. The Kier molecular flexibility index (Phi) is 2.09. The van der Waals surface area contributed by atoms with Crippen molar-refractivity contribution in [3.05, 3.63) is 0 Å². The number of fused-ring (bicyclic) bond motifs is 1. The zero-order valence-electron chi connectivity index (χ0n) is 6.60. The van der Waals surface area contributed by atoms with Gasteiger partial charge in [-0.15, -0.1) is 0 Å². The van der Waals surface area contributed by atoms with Gasteiger partial charge in [0, 0.05) is 15.6 Å². The molecule has 2 heteroatoms. The molecule has 0 spiro atoms. The van der Waals surface area contributed by atoms with Gasteiger partial charge in [0.25, 0.3) is 0 Å². The molecule has 58 valence electrons. The van der Waals surface area contributed by atoms with Crippen LogP contribution in [0, 0.1) is 0 Å². The molecule has 0 amide bonds. The second-order valence-corrected chi connectivity index (χ2v) is 6.08. The lowest BCUT2D eigenvalue weighted by Gasteiger charge is -2.35. The molecule has 2 fully saturated rings. The Bertz CT molecular complexity index is 89.8. The summed E-state index contributed by atoms with van der Waals surface area (Å²) in [5.74, 6) is 0. The van der Waals surface area contributed by atoms with E-state index in [9.17, 15) is 0 Å². The van der Waals surface area contributed by atoms with Gasteiger partial charge < -0.3 is 5.32 Å². The highest BCUT2D eigenvalue weighted by Crippen LogP contribution is 2.30. The molecule has 2 atom stereocenters. The average Bonchev–Trinajstić information content (AvgIpc) is 2.05. The van der Waals surface area contributed by atoms with Crippen LogP contribution in [0.2, 0.25) is 11.6 Å². The van der Waals surface area contributed by atoms with E-state index in [4.69, 9.17) is 0 Å². The molecule has 0 aromatic carbocycles. The molecule has 1 heterocycles. The minimum Gasteiger partial charge on any atom is -0.314 e. The van der Waals surface area contributed by atoms with Crippen molar-refractivity contribution in [1.29, 1.82) is 0 Å². The van der Waals surface area contributed by atoms with Crippen LogP contribution in [0.25, 0.3) is 0 Å². The average molecular weight is 155 g/mol. The summed E-state index contributed by atoms with van der Waals surface area (Å²) in [7, 11) is 0.353. The molecule has 0 bridgehead atoms. The first-order valence-corrected chi connectivity index (χ1v) is 6.52. The molecule has 10 heavy (non-hydrogen) atoms. The minimum atomic E-state index is 0.353. The first-order chi connectivity index (χ1) is 4.97. The molecule has 1 N–H and O–H groups in total. The predicted octanol–water partition coefficient (Wildman–Crippen LogP) is 0.908. The van der Waals surface area contributed by atoms with Crippen molar-refractivity contribution in [3.63, 3.8) is 0 Å². The van der Waals surface area contributed by atoms with E-state index in [2.05, 4.69) is 5.32 Å². The largest absolute Gasteiger partial charge is 0.314 e. The lowest BCUT2D eigenvalue weighted by molar-refractivity contribution is 0.365. The molecule has 1 nitrogen and oxygen atoms in total. The maximum Gasteiger partial charge on any atom is 0.0265 e. The van der Waals surface area contributed by atoms with E-state index in [1.54, 1.807) is 12.5 Å². The summed E-state index contributed by atoms with van der Waals surface area (Å²) in [5, 5.41) is 3.66. The molecule has 1 aliphatic carbocycles. The first-order valence-electron chi connectivity index (χ1n) is 4.70. The Morgan fingerprint density at radius 1 is 1.20 bits per heavy atom. The molecule has 2 rings (SSSR count). The summed E-state index contributed by atoms with van der Waals surface area (Å²) in [6.45, 7) is 1.34. The molecular formula is C8H17NSi. The van der Waals surface area contributed by atoms with Crippen LogP contribution in [0.1, 0.15) is 25.7 Å². The molecule has 2 unspecified atom stereocenters. The topological polar surface area (TPSA) is 12.0 Å². The minimum absolute atomic E-state index is 0.353. The van der Waals surface area contributed by atoms with Crippen LogP contribution in [0.15, 0.2) is 0 Å². The molecule has 0 aromatic rings. The quantitative estimate of drug-likeness (QED) is 0.513. The van der Waals surface area contributed by atoms with E-state index in [-0.39, 0.29) is 0 Å². The van der Waals surface area contributed by atoms with E-state index in [0.29, 0.717) is 9.52 Å². The fourth-order valence-corrected chi connectivity index (χ4v) is 4.79. The molecule has 1 saturated heterocycles.